The third-order valence-corrected chi connectivity index (χ3v) is 3.71. The Morgan fingerprint density at radius 1 is 1.37 bits per heavy atom. The second kappa shape index (κ2) is 7.13. The Hall–Kier alpha value is -0.770. The van der Waals surface area contributed by atoms with E-state index in [0.717, 1.165) is 5.56 Å². The SMILES string of the molecule is CCN(C)C(=O)C(C)NC(C)c1ccc(Cl)cc1Cl. The molecule has 1 amide bonds. The fourth-order valence-corrected chi connectivity index (χ4v) is 2.45. The van der Waals surface area contributed by atoms with Gasteiger partial charge >= 0.3 is 0 Å². The molecule has 5 heteroatoms. The van der Waals surface area contributed by atoms with Crippen LogP contribution in [0.25, 0.3) is 0 Å². The lowest BCUT2D eigenvalue weighted by Crippen LogP contribution is -2.43. The molecule has 0 bridgehead atoms. The second-order valence-electron chi connectivity index (χ2n) is 4.63. The number of carbonyl (C=O) groups is 1. The molecule has 0 spiro atoms. The Morgan fingerprint density at radius 3 is 2.53 bits per heavy atom. The number of hydrogen-bond acceptors (Lipinski definition) is 2. The molecule has 2 atom stereocenters. The summed E-state index contributed by atoms with van der Waals surface area (Å²) in [5, 5.41) is 4.47. The average Bonchev–Trinajstić information content (AvgIpc) is 2.36. The van der Waals surface area contributed by atoms with Crippen molar-refractivity contribution in [1.82, 2.24) is 10.2 Å². The predicted molar refractivity (Wildman–Crippen MR) is 80.8 cm³/mol. The number of nitrogens with zero attached hydrogens (tertiary/aromatic N) is 1. The molecular formula is C14H20Cl2N2O. The Bertz CT molecular complexity index is 451. The molecule has 0 radical (unpaired) electrons. The van der Waals surface area contributed by atoms with Gasteiger partial charge in [-0.15, -0.1) is 0 Å². The van der Waals surface area contributed by atoms with Crippen molar-refractivity contribution in [2.75, 3.05) is 13.6 Å². The molecule has 0 aliphatic carbocycles. The number of nitrogens with one attached hydrogen (secondary N) is 1. The lowest BCUT2D eigenvalue weighted by Gasteiger charge is -2.24. The van der Waals surface area contributed by atoms with E-state index in [1.165, 1.54) is 0 Å². The highest BCUT2D eigenvalue weighted by Gasteiger charge is 2.19. The van der Waals surface area contributed by atoms with E-state index in [9.17, 15) is 4.79 Å². The zero-order valence-corrected chi connectivity index (χ0v) is 13.2. The smallest absolute Gasteiger partial charge is 0.239 e. The van der Waals surface area contributed by atoms with Gasteiger partial charge in [-0.05, 0) is 38.5 Å². The number of carbonyl (C=O) groups excluding carboxylic acids is 1. The molecule has 0 saturated carbocycles. The van der Waals surface area contributed by atoms with Crippen LogP contribution in [0, 0.1) is 0 Å². The molecule has 1 rings (SSSR count). The van der Waals surface area contributed by atoms with Crippen molar-refractivity contribution in [2.45, 2.75) is 32.9 Å². The highest BCUT2D eigenvalue weighted by Crippen LogP contribution is 2.26. The summed E-state index contributed by atoms with van der Waals surface area (Å²) in [5.41, 5.74) is 0.935. The van der Waals surface area contributed by atoms with Gasteiger partial charge in [-0.2, -0.15) is 0 Å². The maximum atomic E-state index is 12.0. The van der Waals surface area contributed by atoms with E-state index in [1.54, 1.807) is 24.1 Å². The molecule has 3 nitrogen and oxygen atoms in total. The summed E-state index contributed by atoms with van der Waals surface area (Å²) < 4.78 is 0. The number of benzene rings is 1. The summed E-state index contributed by atoms with van der Waals surface area (Å²) in [6, 6.07) is 5.11. The van der Waals surface area contributed by atoms with E-state index in [2.05, 4.69) is 5.32 Å². The number of rotatable bonds is 5. The van der Waals surface area contributed by atoms with Crippen molar-refractivity contribution in [3.8, 4) is 0 Å². The molecule has 0 aliphatic rings. The largest absolute Gasteiger partial charge is 0.345 e. The van der Waals surface area contributed by atoms with Crippen LogP contribution in [-0.2, 0) is 4.79 Å². The van der Waals surface area contributed by atoms with Crippen molar-refractivity contribution in [3.05, 3.63) is 33.8 Å². The first-order valence-corrected chi connectivity index (χ1v) is 7.08. The molecular weight excluding hydrogens is 283 g/mol. The normalized spacial score (nSPS) is 14.0. The van der Waals surface area contributed by atoms with Crippen molar-refractivity contribution in [1.29, 1.82) is 0 Å². The van der Waals surface area contributed by atoms with Crippen LogP contribution in [0.4, 0.5) is 0 Å². The summed E-state index contributed by atoms with van der Waals surface area (Å²) in [4.78, 5) is 13.7. The van der Waals surface area contributed by atoms with Gasteiger partial charge in [0.15, 0.2) is 0 Å². The maximum Gasteiger partial charge on any atom is 0.239 e. The van der Waals surface area contributed by atoms with Crippen molar-refractivity contribution >= 4 is 29.1 Å². The second-order valence-corrected chi connectivity index (χ2v) is 5.47. The first kappa shape index (κ1) is 16.3. The molecule has 2 unspecified atom stereocenters. The molecule has 106 valence electrons. The minimum atomic E-state index is -0.258. The number of amides is 1. The van der Waals surface area contributed by atoms with Crippen LogP contribution >= 0.6 is 23.2 Å². The van der Waals surface area contributed by atoms with Crippen molar-refractivity contribution in [3.63, 3.8) is 0 Å². The van der Waals surface area contributed by atoms with Gasteiger partial charge in [-0.3, -0.25) is 10.1 Å². The fourth-order valence-electron chi connectivity index (χ4n) is 1.88. The van der Waals surface area contributed by atoms with Crippen LogP contribution in [0.1, 0.15) is 32.4 Å². The standard InChI is InChI=1S/C14H20Cl2N2O/c1-5-18(4)14(19)10(3)17-9(2)12-7-6-11(15)8-13(12)16/h6-10,17H,5H2,1-4H3. The van der Waals surface area contributed by atoms with Crippen LogP contribution < -0.4 is 5.32 Å². The van der Waals surface area contributed by atoms with Crippen molar-refractivity contribution in [2.24, 2.45) is 0 Å². The first-order valence-electron chi connectivity index (χ1n) is 6.32. The zero-order valence-electron chi connectivity index (χ0n) is 11.7. The minimum Gasteiger partial charge on any atom is -0.345 e. The third-order valence-electron chi connectivity index (χ3n) is 3.15. The molecule has 19 heavy (non-hydrogen) atoms. The van der Waals surface area contributed by atoms with E-state index in [0.29, 0.717) is 16.6 Å². The number of likely N-dealkylation sites (N-methyl/N-ethyl adjacent to an activating group) is 1. The summed E-state index contributed by atoms with van der Waals surface area (Å²) >= 11 is 12.0. The number of halogens is 2. The lowest BCUT2D eigenvalue weighted by atomic mass is 10.1. The lowest BCUT2D eigenvalue weighted by molar-refractivity contribution is -0.131. The van der Waals surface area contributed by atoms with Gasteiger partial charge < -0.3 is 4.90 Å². The molecule has 0 saturated heterocycles. The zero-order chi connectivity index (χ0) is 14.6. The topological polar surface area (TPSA) is 32.3 Å². The van der Waals surface area contributed by atoms with E-state index < -0.39 is 0 Å². The Balaban J connectivity index is 2.74. The summed E-state index contributed by atoms with van der Waals surface area (Å²) in [6.07, 6.45) is 0. The number of hydrogen-bond donors (Lipinski definition) is 1. The van der Waals surface area contributed by atoms with Crippen LogP contribution in [0.5, 0.6) is 0 Å². The maximum absolute atomic E-state index is 12.0. The molecule has 1 aromatic rings. The monoisotopic (exact) mass is 302 g/mol. The average molecular weight is 303 g/mol. The third kappa shape index (κ3) is 4.37. The van der Waals surface area contributed by atoms with E-state index in [4.69, 9.17) is 23.2 Å². The van der Waals surface area contributed by atoms with Gasteiger partial charge in [0.05, 0.1) is 6.04 Å². The molecule has 0 fully saturated rings. The Kier molecular flexibility index (Phi) is 6.11. The highest BCUT2D eigenvalue weighted by atomic mass is 35.5. The quantitative estimate of drug-likeness (QED) is 0.903. The molecule has 1 N–H and O–H groups in total. The van der Waals surface area contributed by atoms with Crippen LogP contribution in [0.2, 0.25) is 10.0 Å². The van der Waals surface area contributed by atoms with Gasteiger partial charge in [0.25, 0.3) is 0 Å². The molecule has 1 aromatic carbocycles. The van der Waals surface area contributed by atoms with E-state index >= 15 is 0 Å². The van der Waals surface area contributed by atoms with Gasteiger partial charge in [0, 0.05) is 29.7 Å². The van der Waals surface area contributed by atoms with Gasteiger partial charge in [-0.25, -0.2) is 0 Å². The first-order chi connectivity index (χ1) is 8.86. The Labute approximate surface area is 124 Å². The van der Waals surface area contributed by atoms with E-state index in [1.807, 2.05) is 26.8 Å². The minimum absolute atomic E-state index is 0.0195. The fraction of sp³-hybridized carbons (Fsp3) is 0.500. The highest BCUT2D eigenvalue weighted by molar-refractivity contribution is 6.35. The van der Waals surface area contributed by atoms with Crippen LogP contribution in [-0.4, -0.2) is 30.4 Å². The summed E-state index contributed by atoms with van der Waals surface area (Å²) in [7, 11) is 1.79. The molecule has 0 aromatic heterocycles. The van der Waals surface area contributed by atoms with E-state index in [-0.39, 0.29) is 18.0 Å². The van der Waals surface area contributed by atoms with Crippen molar-refractivity contribution < 1.29 is 4.79 Å². The van der Waals surface area contributed by atoms with Crippen LogP contribution in [0.3, 0.4) is 0 Å². The molecule has 0 aliphatic heterocycles. The van der Waals surface area contributed by atoms with Gasteiger partial charge in [-0.1, -0.05) is 29.3 Å². The van der Waals surface area contributed by atoms with Gasteiger partial charge in [0.1, 0.15) is 0 Å². The van der Waals surface area contributed by atoms with Gasteiger partial charge in [0.2, 0.25) is 5.91 Å². The Morgan fingerprint density at radius 2 is 2.00 bits per heavy atom. The predicted octanol–water partition coefficient (Wildman–Crippen LogP) is 3.51. The summed E-state index contributed by atoms with van der Waals surface area (Å²) in [6.45, 7) is 6.48. The molecule has 0 heterocycles. The van der Waals surface area contributed by atoms with Crippen LogP contribution in [0.15, 0.2) is 18.2 Å². The summed E-state index contributed by atoms with van der Waals surface area (Å²) in [5.74, 6) is 0.0689.